The van der Waals surface area contributed by atoms with Crippen LogP contribution in [0, 0.1) is 0 Å². The van der Waals surface area contributed by atoms with E-state index >= 15 is 0 Å². The number of aliphatic hydroxyl groups is 1. The second-order valence-electron chi connectivity index (χ2n) is 3.15. The van der Waals surface area contributed by atoms with Gasteiger partial charge in [0, 0.05) is 6.54 Å². The van der Waals surface area contributed by atoms with Gasteiger partial charge in [-0.15, -0.1) is 0 Å². The number of aliphatic hydroxyl groups excluding tert-OH is 1. The first kappa shape index (κ1) is 11.8. The number of hydrogen-bond acceptors (Lipinski definition) is 3. The lowest BCUT2D eigenvalue weighted by Crippen LogP contribution is -2.50. The Morgan fingerprint density at radius 1 is 1.42 bits per heavy atom. The Hall–Kier alpha value is -0.170. The van der Waals surface area contributed by atoms with Crippen LogP contribution in [0.5, 0.6) is 0 Å². The Morgan fingerprint density at radius 3 is 2.25 bits per heavy atom. The fourth-order valence-electron chi connectivity index (χ4n) is 0.622. The maximum absolute atomic E-state index is 11.1. The summed E-state index contributed by atoms with van der Waals surface area (Å²) in [7, 11) is -3.46. The fraction of sp³-hybridized carbons (Fsp3) is 1.00. The lowest BCUT2D eigenvalue weighted by molar-refractivity contribution is 0.208. The molecule has 0 amide bonds. The highest BCUT2D eigenvalue weighted by Gasteiger charge is 2.22. The van der Waals surface area contributed by atoms with E-state index in [1.165, 1.54) is 0 Å². The van der Waals surface area contributed by atoms with E-state index < -0.39 is 15.7 Å². The summed E-state index contributed by atoms with van der Waals surface area (Å²) >= 11 is 0. The van der Waals surface area contributed by atoms with Gasteiger partial charge >= 0.3 is 0 Å². The zero-order chi connectivity index (χ0) is 9.83. The highest BCUT2D eigenvalue weighted by molar-refractivity contribution is 7.87. The van der Waals surface area contributed by atoms with E-state index in [0.717, 1.165) is 0 Å². The van der Waals surface area contributed by atoms with Gasteiger partial charge in [0.25, 0.3) is 10.2 Å². The van der Waals surface area contributed by atoms with Crippen LogP contribution >= 0.6 is 0 Å². The topological polar surface area (TPSA) is 78.4 Å². The van der Waals surface area contributed by atoms with Gasteiger partial charge in [0.05, 0.1) is 12.1 Å². The normalized spacial score (nSPS) is 13.3. The third kappa shape index (κ3) is 4.66. The molecule has 0 aromatic heterocycles. The molecule has 12 heavy (non-hydrogen) atoms. The van der Waals surface area contributed by atoms with Crippen molar-refractivity contribution in [3.63, 3.8) is 0 Å². The zero-order valence-corrected chi connectivity index (χ0v) is 8.40. The summed E-state index contributed by atoms with van der Waals surface area (Å²) in [5, 5.41) is 8.77. The molecular weight excluding hydrogens is 180 g/mol. The van der Waals surface area contributed by atoms with Crippen molar-refractivity contribution < 1.29 is 13.5 Å². The van der Waals surface area contributed by atoms with Crippen LogP contribution in [0.25, 0.3) is 0 Å². The number of nitrogens with one attached hydrogen (secondary N) is 2. The van der Waals surface area contributed by atoms with Crippen LogP contribution in [0.3, 0.4) is 0 Å². The van der Waals surface area contributed by atoms with Crippen molar-refractivity contribution in [3.05, 3.63) is 0 Å². The minimum atomic E-state index is -3.46. The molecule has 0 atom stereocenters. The minimum Gasteiger partial charge on any atom is -0.394 e. The molecule has 0 heterocycles. The van der Waals surface area contributed by atoms with E-state index in [9.17, 15) is 8.42 Å². The summed E-state index contributed by atoms with van der Waals surface area (Å²) < 4.78 is 26.7. The van der Waals surface area contributed by atoms with Crippen molar-refractivity contribution in [2.75, 3.05) is 13.2 Å². The highest BCUT2D eigenvalue weighted by Crippen LogP contribution is 2.00. The molecule has 0 radical (unpaired) electrons. The summed E-state index contributed by atoms with van der Waals surface area (Å²) in [5.74, 6) is 0. The monoisotopic (exact) mass is 196 g/mol. The van der Waals surface area contributed by atoms with Gasteiger partial charge in [-0.3, -0.25) is 0 Å². The first-order valence-electron chi connectivity index (χ1n) is 3.72. The van der Waals surface area contributed by atoms with E-state index in [1.54, 1.807) is 20.8 Å². The van der Waals surface area contributed by atoms with Crippen molar-refractivity contribution in [1.82, 2.24) is 9.44 Å². The maximum atomic E-state index is 11.1. The molecular formula is C6H16N2O3S. The van der Waals surface area contributed by atoms with Gasteiger partial charge < -0.3 is 5.11 Å². The molecule has 3 N–H and O–H groups in total. The molecule has 5 nitrogen and oxygen atoms in total. The molecule has 0 fully saturated rings. The molecule has 0 aromatic carbocycles. The first-order chi connectivity index (χ1) is 5.33. The second-order valence-corrected chi connectivity index (χ2v) is 4.65. The number of rotatable bonds is 5. The molecule has 0 saturated carbocycles. The molecule has 74 valence electrons. The average Bonchev–Trinajstić information content (AvgIpc) is 1.85. The van der Waals surface area contributed by atoms with E-state index in [0.29, 0.717) is 6.54 Å². The van der Waals surface area contributed by atoms with E-state index in [1.807, 2.05) is 0 Å². The third-order valence-corrected chi connectivity index (χ3v) is 2.63. The maximum Gasteiger partial charge on any atom is 0.277 e. The Morgan fingerprint density at radius 2 is 1.92 bits per heavy atom. The second kappa shape index (κ2) is 4.18. The van der Waals surface area contributed by atoms with Crippen LogP contribution in [0.1, 0.15) is 20.8 Å². The minimum absolute atomic E-state index is 0.238. The van der Waals surface area contributed by atoms with Crippen molar-refractivity contribution in [3.8, 4) is 0 Å². The molecule has 0 bridgehead atoms. The van der Waals surface area contributed by atoms with E-state index in [2.05, 4.69) is 9.44 Å². The van der Waals surface area contributed by atoms with Crippen molar-refractivity contribution in [2.45, 2.75) is 26.3 Å². The van der Waals surface area contributed by atoms with Gasteiger partial charge in [0.1, 0.15) is 0 Å². The standard InChI is InChI=1S/C6H16N2O3S/c1-4-7-12(10,11)8-6(2,3)5-9/h7-9H,4-5H2,1-3H3. The predicted molar refractivity (Wildman–Crippen MR) is 46.9 cm³/mol. The molecule has 0 saturated heterocycles. The van der Waals surface area contributed by atoms with Crippen LogP contribution in [0.2, 0.25) is 0 Å². The molecule has 0 aromatic rings. The Labute approximate surface area is 73.4 Å². The van der Waals surface area contributed by atoms with Crippen molar-refractivity contribution in [2.24, 2.45) is 0 Å². The molecule has 0 rings (SSSR count). The van der Waals surface area contributed by atoms with E-state index in [4.69, 9.17) is 5.11 Å². The summed E-state index contributed by atoms with van der Waals surface area (Å²) in [6.07, 6.45) is 0. The summed E-state index contributed by atoms with van der Waals surface area (Å²) in [5.41, 5.74) is -0.818. The van der Waals surface area contributed by atoms with Crippen molar-refractivity contribution in [1.29, 1.82) is 0 Å². The lowest BCUT2D eigenvalue weighted by Gasteiger charge is -2.22. The van der Waals surface area contributed by atoms with Crippen LogP contribution < -0.4 is 9.44 Å². The smallest absolute Gasteiger partial charge is 0.277 e. The summed E-state index contributed by atoms with van der Waals surface area (Å²) in [6, 6.07) is 0. The molecule has 0 aliphatic carbocycles. The summed E-state index contributed by atoms with van der Waals surface area (Å²) in [6.45, 7) is 4.98. The van der Waals surface area contributed by atoms with Gasteiger partial charge in [-0.25, -0.2) is 4.72 Å². The van der Waals surface area contributed by atoms with Gasteiger partial charge in [-0.05, 0) is 13.8 Å². The van der Waals surface area contributed by atoms with Gasteiger partial charge in [0.15, 0.2) is 0 Å². The molecule has 0 aliphatic heterocycles. The van der Waals surface area contributed by atoms with E-state index in [-0.39, 0.29) is 6.61 Å². The summed E-state index contributed by atoms with van der Waals surface area (Å²) in [4.78, 5) is 0. The van der Waals surface area contributed by atoms with Crippen LogP contribution in [-0.4, -0.2) is 32.2 Å². The molecule has 6 heteroatoms. The average molecular weight is 196 g/mol. The molecule has 0 unspecified atom stereocenters. The zero-order valence-electron chi connectivity index (χ0n) is 7.59. The number of hydrogen-bond donors (Lipinski definition) is 3. The lowest BCUT2D eigenvalue weighted by atomic mass is 10.1. The van der Waals surface area contributed by atoms with Gasteiger partial charge in [-0.2, -0.15) is 13.1 Å². The van der Waals surface area contributed by atoms with Crippen molar-refractivity contribution >= 4 is 10.2 Å². The Bertz CT molecular complexity index is 223. The predicted octanol–water partition coefficient (Wildman–Crippen LogP) is -0.799. The largest absolute Gasteiger partial charge is 0.394 e. The first-order valence-corrected chi connectivity index (χ1v) is 5.21. The third-order valence-electron chi connectivity index (χ3n) is 1.14. The van der Waals surface area contributed by atoms with Crippen LogP contribution in [0.4, 0.5) is 0 Å². The fourth-order valence-corrected chi connectivity index (χ4v) is 1.87. The Kier molecular flexibility index (Phi) is 4.12. The molecule has 0 aliphatic rings. The van der Waals surface area contributed by atoms with Gasteiger partial charge in [0.2, 0.25) is 0 Å². The molecule has 0 spiro atoms. The highest BCUT2D eigenvalue weighted by atomic mass is 32.2. The SMILES string of the molecule is CCNS(=O)(=O)NC(C)(C)CO. The van der Waals surface area contributed by atoms with Crippen LogP contribution in [-0.2, 0) is 10.2 Å². The van der Waals surface area contributed by atoms with Crippen LogP contribution in [0.15, 0.2) is 0 Å². The Balaban J connectivity index is 4.25. The quantitative estimate of drug-likeness (QED) is 0.538. The van der Waals surface area contributed by atoms with Gasteiger partial charge in [-0.1, -0.05) is 6.92 Å².